The molecule has 0 spiro atoms. The average Bonchev–Trinajstić information content (AvgIpc) is 3.04. The van der Waals surface area contributed by atoms with E-state index in [1.54, 1.807) is 52.0 Å². The average molecular weight is 318 g/mol. The molecule has 2 unspecified atom stereocenters. The van der Waals surface area contributed by atoms with Crippen molar-refractivity contribution in [1.29, 1.82) is 0 Å². The smallest absolute Gasteiger partial charge is 0.307 e. The molecule has 2 rings (SSSR count). The van der Waals surface area contributed by atoms with E-state index in [4.69, 9.17) is 5.11 Å². The van der Waals surface area contributed by atoms with E-state index in [2.05, 4.69) is 10.6 Å². The molecule has 0 aromatic heterocycles. The molecule has 2 atom stereocenters. The third kappa shape index (κ3) is 3.52. The van der Waals surface area contributed by atoms with Crippen LogP contribution in [0.1, 0.15) is 27.7 Å². The molecule has 23 heavy (non-hydrogen) atoms. The Bertz CT molecular complexity index is 634. The maximum Gasteiger partial charge on any atom is 0.307 e. The van der Waals surface area contributed by atoms with Crippen LogP contribution in [0.5, 0.6) is 0 Å². The van der Waals surface area contributed by atoms with Gasteiger partial charge < -0.3 is 15.7 Å². The van der Waals surface area contributed by atoms with Crippen LogP contribution in [-0.2, 0) is 14.4 Å². The third-order valence-electron chi connectivity index (χ3n) is 4.32. The van der Waals surface area contributed by atoms with Crippen LogP contribution in [0.15, 0.2) is 24.3 Å². The van der Waals surface area contributed by atoms with Gasteiger partial charge in [0.1, 0.15) is 0 Å². The number of aliphatic carboxylic acids is 1. The van der Waals surface area contributed by atoms with Crippen molar-refractivity contribution in [2.75, 3.05) is 10.6 Å². The van der Waals surface area contributed by atoms with E-state index in [1.807, 2.05) is 0 Å². The Kier molecular flexibility index (Phi) is 4.45. The summed E-state index contributed by atoms with van der Waals surface area (Å²) < 4.78 is 0. The Morgan fingerprint density at radius 2 is 1.48 bits per heavy atom. The highest BCUT2D eigenvalue weighted by atomic mass is 16.4. The molecule has 1 saturated carbocycles. The van der Waals surface area contributed by atoms with E-state index in [0.29, 0.717) is 11.4 Å². The van der Waals surface area contributed by atoms with Crippen LogP contribution >= 0.6 is 0 Å². The largest absolute Gasteiger partial charge is 0.481 e. The van der Waals surface area contributed by atoms with Crippen molar-refractivity contribution >= 4 is 29.2 Å². The summed E-state index contributed by atoms with van der Waals surface area (Å²) in [4.78, 5) is 34.9. The van der Waals surface area contributed by atoms with E-state index in [1.165, 1.54) is 0 Å². The number of benzene rings is 1. The van der Waals surface area contributed by atoms with Crippen molar-refractivity contribution in [3.8, 4) is 0 Å². The second-order valence-electron chi connectivity index (χ2n) is 6.83. The molecule has 0 heterocycles. The van der Waals surface area contributed by atoms with Crippen molar-refractivity contribution in [3.63, 3.8) is 0 Å². The number of amides is 2. The Morgan fingerprint density at radius 3 is 1.87 bits per heavy atom. The minimum Gasteiger partial charge on any atom is -0.481 e. The lowest BCUT2D eigenvalue weighted by atomic mass is 10.1. The molecule has 6 heteroatoms. The number of carbonyl (C=O) groups excluding carboxylic acids is 2. The molecule has 1 aromatic rings. The molecule has 0 bridgehead atoms. The molecule has 1 aromatic carbocycles. The highest BCUT2D eigenvalue weighted by molar-refractivity contribution is 6.00. The summed E-state index contributed by atoms with van der Waals surface area (Å²) >= 11 is 0. The van der Waals surface area contributed by atoms with E-state index < -0.39 is 23.2 Å². The monoisotopic (exact) mass is 318 g/mol. The first kappa shape index (κ1) is 17.0. The third-order valence-corrected chi connectivity index (χ3v) is 4.32. The topological polar surface area (TPSA) is 95.5 Å². The lowest BCUT2D eigenvalue weighted by Gasteiger charge is -2.09. The van der Waals surface area contributed by atoms with Crippen LogP contribution in [0.4, 0.5) is 11.4 Å². The number of hydrogen-bond donors (Lipinski definition) is 3. The summed E-state index contributed by atoms with van der Waals surface area (Å²) in [6.45, 7) is 7.17. The zero-order valence-corrected chi connectivity index (χ0v) is 13.7. The fourth-order valence-corrected chi connectivity index (χ4v) is 2.73. The zero-order valence-electron chi connectivity index (χ0n) is 13.7. The van der Waals surface area contributed by atoms with Crippen molar-refractivity contribution in [1.82, 2.24) is 0 Å². The van der Waals surface area contributed by atoms with Crippen molar-refractivity contribution < 1.29 is 19.5 Å². The van der Waals surface area contributed by atoms with Crippen LogP contribution in [0.25, 0.3) is 0 Å². The van der Waals surface area contributed by atoms with E-state index in [9.17, 15) is 14.4 Å². The number of anilines is 2. The van der Waals surface area contributed by atoms with Gasteiger partial charge >= 0.3 is 5.97 Å². The Hall–Kier alpha value is -2.37. The quantitative estimate of drug-likeness (QED) is 0.777. The molecular formula is C17H22N2O4. The maximum absolute atomic E-state index is 12.2. The van der Waals surface area contributed by atoms with E-state index in [0.717, 1.165) is 0 Å². The van der Waals surface area contributed by atoms with Gasteiger partial charge in [-0.3, -0.25) is 14.4 Å². The van der Waals surface area contributed by atoms with E-state index >= 15 is 0 Å². The first-order chi connectivity index (χ1) is 10.6. The van der Waals surface area contributed by atoms with Crippen LogP contribution < -0.4 is 10.6 Å². The molecule has 124 valence electrons. The van der Waals surface area contributed by atoms with Gasteiger partial charge in [0, 0.05) is 17.3 Å². The Labute approximate surface area is 135 Å². The summed E-state index contributed by atoms with van der Waals surface area (Å²) in [5.41, 5.74) is 0.697. The second kappa shape index (κ2) is 6.02. The number of nitrogens with one attached hydrogen (secondary N) is 2. The van der Waals surface area contributed by atoms with Gasteiger partial charge in [-0.25, -0.2) is 0 Å². The van der Waals surface area contributed by atoms with E-state index in [-0.39, 0.29) is 17.7 Å². The number of rotatable bonds is 5. The minimum absolute atomic E-state index is 0.0779. The molecule has 3 N–H and O–H groups in total. The highest BCUT2D eigenvalue weighted by Gasteiger charge is 2.65. The van der Waals surface area contributed by atoms with Gasteiger partial charge in [0.2, 0.25) is 11.8 Å². The lowest BCUT2D eigenvalue weighted by molar-refractivity contribution is -0.140. The lowest BCUT2D eigenvalue weighted by Crippen LogP contribution is -2.18. The molecule has 1 aliphatic carbocycles. The van der Waals surface area contributed by atoms with Crippen molar-refractivity contribution in [3.05, 3.63) is 24.3 Å². The summed E-state index contributed by atoms with van der Waals surface area (Å²) in [5.74, 6) is -2.60. The van der Waals surface area contributed by atoms with Gasteiger partial charge in [-0.05, 0) is 29.7 Å². The van der Waals surface area contributed by atoms with Gasteiger partial charge in [0.15, 0.2) is 0 Å². The Balaban J connectivity index is 1.98. The van der Waals surface area contributed by atoms with Gasteiger partial charge in [-0.15, -0.1) is 0 Å². The normalized spacial score (nSPS) is 21.6. The molecule has 1 fully saturated rings. The SMILES string of the molecule is CC(C)C(=O)Nc1ccc(NC(=O)C2C(C(=O)O)C2(C)C)cc1. The predicted octanol–water partition coefficient (Wildman–Crippen LogP) is 2.58. The first-order valence-corrected chi connectivity index (χ1v) is 7.59. The fraction of sp³-hybridized carbons (Fsp3) is 0.471. The standard InChI is InChI=1S/C17H22N2O4/c1-9(2)14(20)18-10-5-7-11(8-6-10)19-15(21)12-13(16(22)23)17(12,3)4/h5-9,12-13H,1-4H3,(H,18,20)(H,19,21)(H,22,23). The van der Waals surface area contributed by atoms with Gasteiger partial charge in [0.05, 0.1) is 11.8 Å². The highest BCUT2D eigenvalue weighted by Crippen LogP contribution is 2.58. The van der Waals surface area contributed by atoms with Gasteiger partial charge in [-0.1, -0.05) is 27.7 Å². The zero-order chi connectivity index (χ0) is 17.4. The summed E-state index contributed by atoms with van der Waals surface area (Å²) in [7, 11) is 0. The molecule has 0 saturated heterocycles. The van der Waals surface area contributed by atoms with Crippen LogP contribution in [0, 0.1) is 23.2 Å². The first-order valence-electron chi connectivity index (χ1n) is 7.59. The number of carbonyl (C=O) groups is 3. The van der Waals surface area contributed by atoms with Crippen LogP contribution in [0.2, 0.25) is 0 Å². The number of carboxylic acids is 1. The number of hydrogen-bond acceptors (Lipinski definition) is 3. The maximum atomic E-state index is 12.2. The van der Waals surface area contributed by atoms with Gasteiger partial charge in [-0.2, -0.15) is 0 Å². The summed E-state index contributed by atoms with van der Waals surface area (Å²) in [5, 5.41) is 14.6. The number of carboxylic acid groups (broad SMARTS) is 1. The minimum atomic E-state index is -0.943. The van der Waals surface area contributed by atoms with Crippen LogP contribution in [0.3, 0.4) is 0 Å². The second-order valence-corrected chi connectivity index (χ2v) is 6.83. The van der Waals surface area contributed by atoms with Gasteiger partial charge in [0.25, 0.3) is 0 Å². The molecule has 1 aliphatic rings. The molecular weight excluding hydrogens is 296 g/mol. The Morgan fingerprint density at radius 1 is 1.00 bits per heavy atom. The molecule has 0 radical (unpaired) electrons. The van der Waals surface area contributed by atoms with Crippen LogP contribution in [-0.4, -0.2) is 22.9 Å². The molecule has 2 amide bonds. The fourth-order valence-electron chi connectivity index (χ4n) is 2.73. The summed E-state index contributed by atoms with van der Waals surface area (Å²) in [6, 6.07) is 6.75. The molecule has 6 nitrogen and oxygen atoms in total. The van der Waals surface area contributed by atoms with Crippen molar-refractivity contribution in [2.45, 2.75) is 27.7 Å². The summed E-state index contributed by atoms with van der Waals surface area (Å²) in [6.07, 6.45) is 0. The predicted molar refractivity (Wildman–Crippen MR) is 86.9 cm³/mol. The molecule has 0 aliphatic heterocycles. The van der Waals surface area contributed by atoms with Crippen molar-refractivity contribution in [2.24, 2.45) is 23.2 Å².